The number of rotatable bonds is 5. The molecule has 2 aromatic heterocycles. The molecule has 3 N–H and O–H groups in total. The number of aromatic nitrogens is 3. The minimum atomic E-state index is -0.448. The van der Waals surface area contributed by atoms with Crippen molar-refractivity contribution in [3.8, 4) is 17.3 Å². The van der Waals surface area contributed by atoms with Gasteiger partial charge in [0.2, 0.25) is 5.95 Å². The maximum Gasteiger partial charge on any atom is 0.227 e. The SMILES string of the molecule is Cc1cnc(C2CCOCC2)c(Nc2nccc(-c3cc(C#N)c4c(c3)[C@@](C)(CO)CN4)n2)c1. The van der Waals surface area contributed by atoms with E-state index in [1.165, 1.54) is 0 Å². The number of nitriles is 1. The number of aliphatic hydroxyl groups excluding tert-OH is 1. The zero-order valence-corrected chi connectivity index (χ0v) is 19.4. The van der Waals surface area contributed by atoms with E-state index in [0.717, 1.165) is 59.8 Å². The lowest BCUT2D eigenvalue weighted by molar-refractivity contribution is 0.0846. The van der Waals surface area contributed by atoms with Gasteiger partial charge in [-0.15, -0.1) is 0 Å². The van der Waals surface area contributed by atoms with Gasteiger partial charge in [0, 0.05) is 49.0 Å². The number of fused-ring (bicyclic) bond motifs is 1. The average molecular weight is 457 g/mol. The third kappa shape index (κ3) is 4.09. The summed E-state index contributed by atoms with van der Waals surface area (Å²) in [5.74, 6) is 0.804. The standard InChI is InChI=1S/C26H28N6O2/c1-16-9-22(24(29-13-16)17-4-7-34-8-5-17)32-25-28-6-3-21(31-25)18-10-19(12-27)23-20(11-18)26(2,15-33)14-30-23/h3,6,9-11,13,17,30,33H,4-5,7-8,14-15H2,1-2H3,(H,28,31,32)/t26-/m1/s1. The summed E-state index contributed by atoms with van der Waals surface area (Å²) >= 11 is 0. The van der Waals surface area contributed by atoms with Gasteiger partial charge in [-0.3, -0.25) is 4.98 Å². The number of aryl methyl sites for hydroxylation is 1. The Kier molecular flexibility index (Phi) is 5.90. The van der Waals surface area contributed by atoms with Gasteiger partial charge in [-0.25, -0.2) is 9.97 Å². The van der Waals surface area contributed by atoms with Crippen LogP contribution < -0.4 is 10.6 Å². The number of hydrogen-bond acceptors (Lipinski definition) is 8. The van der Waals surface area contributed by atoms with Crippen LogP contribution in [-0.4, -0.2) is 46.4 Å². The highest BCUT2D eigenvalue weighted by Crippen LogP contribution is 2.41. The second kappa shape index (κ2) is 9.01. The number of pyridine rings is 1. The Labute approximate surface area is 199 Å². The monoisotopic (exact) mass is 456 g/mol. The number of hydrogen-bond donors (Lipinski definition) is 3. The van der Waals surface area contributed by atoms with Crippen molar-refractivity contribution in [2.75, 3.05) is 37.0 Å². The first-order chi connectivity index (χ1) is 16.5. The van der Waals surface area contributed by atoms with E-state index >= 15 is 0 Å². The number of nitrogens with zero attached hydrogens (tertiary/aromatic N) is 4. The number of aliphatic hydroxyl groups is 1. The van der Waals surface area contributed by atoms with Gasteiger partial charge in [-0.05, 0) is 55.2 Å². The van der Waals surface area contributed by atoms with E-state index < -0.39 is 5.41 Å². The van der Waals surface area contributed by atoms with Gasteiger partial charge in [-0.1, -0.05) is 6.92 Å². The number of nitrogens with one attached hydrogen (secondary N) is 2. The van der Waals surface area contributed by atoms with Crippen molar-refractivity contribution < 1.29 is 9.84 Å². The Morgan fingerprint density at radius 3 is 2.85 bits per heavy atom. The van der Waals surface area contributed by atoms with E-state index in [2.05, 4.69) is 27.8 Å². The average Bonchev–Trinajstić information content (AvgIpc) is 3.21. The Bertz CT molecular complexity index is 1260. The lowest BCUT2D eigenvalue weighted by atomic mass is 9.83. The van der Waals surface area contributed by atoms with Crippen LogP contribution in [0.1, 0.15) is 48.1 Å². The third-order valence-corrected chi connectivity index (χ3v) is 6.77. The van der Waals surface area contributed by atoms with Crippen LogP contribution in [0.15, 0.2) is 36.7 Å². The highest BCUT2D eigenvalue weighted by Gasteiger charge is 2.36. The van der Waals surface area contributed by atoms with Gasteiger partial charge in [0.1, 0.15) is 6.07 Å². The molecule has 5 rings (SSSR count). The molecule has 0 spiro atoms. The summed E-state index contributed by atoms with van der Waals surface area (Å²) < 4.78 is 5.53. The van der Waals surface area contributed by atoms with E-state index in [1.54, 1.807) is 6.20 Å². The van der Waals surface area contributed by atoms with Crippen molar-refractivity contribution >= 4 is 17.3 Å². The fraction of sp³-hybridized carbons (Fsp3) is 0.385. The molecule has 1 aromatic carbocycles. The van der Waals surface area contributed by atoms with Crippen LogP contribution in [0.25, 0.3) is 11.3 Å². The van der Waals surface area contributed by atoms with Gasteiger partial charge in [0.25, 0.3) is 0 Å². The van der Waals surface area contributed by atoms with E-state index in [4.69, 9.17) is 14.7 Å². The Morgan fingerprint density at radius 2 is 2.09 bits per heavy atom. The topological polar surface area (TPSA) is 116 Å². The van der Waals surface area contributed by atoms with Gasteiger partial charge in [0.05, 0.1) is 34.9 Å². The molecule has 1 atom stereocenters. The molecule has 3 aromatic rings. The smallest absolute Gasteiger partial charge is 0.227 e. The molecule has 0 saturated carbocycles. The van der Waals surface area contributed by atoms with Crippen LogP contribution in [-0.2, 0) is 10.2 Å². The Balaban J connectivity index is 1.50. The van der Waals surface area contributed by atoms with Crippen LogP contribution in [0.3, 0.4) is 0 Å². The molecular weight excluding hydrogens is 428 g/mol. The predicted octanol–water partition coefficient (Wildman–Crippen LogP) is 4.03. The summed E-state index contributed by atoms with van der Waals surface area (Å²) in [6.45, 7) is 6.07. The molecule has 2 aliphatic heterocycles. The van der Waals surface area contributed by atoms with Crippen molar-refractivity contribution in [1.29, 1.82) is 5.26 Å². The molecular formula is C26H28N6O2. The van der Waals surface area contributed by atoms with Crippen molar-refractivity contribution in [1.82, 2.24) is 15.0 Å². The molecule has 174 valence electrons. The lowest BCUT2D eigenvalue weighted by Gasteiger charge is -2.24. The van der Waals surface area contributed by atoms with Crippen LogP contribution in [0, 0.1) is 18.3 Å². The summed E-state index contributed by atoms with van der Waals surface area (Å²) in [7, 11) is 0. The molecule has 1 saturated heterocycles. The highest BCUT2D eigenvalue weighted by molar-refractivity contribution is 5.76. The molecule has 0 bridgehead atoms. The van der Waals surface area contributed by atoms with Crippen molar-refractivity contribution in [3.63, 3.8) is 0 Å². The fourth-order valence-electron chi connectivity index (χ4n) is 4.74. The Morgan fingerprint density at radius 1 is 1.26 bits per heavy atom. The third-order valence-electron chi connectivity index (χ3n) is 6.77. The summed E-state index contributed by atoms with van der Waals surface area (Å²) in [5, 5.41) is 26.4. The molecule has 34 heavy (non-hydrogen) atoms. The summed E-state index contributed by atoms with van der Waals surface area (Å²) in [5.41, 5.74) is 6.32. The van der Waals surface area contributed by atoms with Gasteiger partial charge in [-0.2, -0.15) is 5.26 Å². The van der Waals surface area contributed by atoms with E-state index in [-0.39, 0.29) is 6.61 Å². The van der Waals surface area contributed by atoms with Crippen LogP contribution in [0.4, 0.5) is 17.3 Å². The van der Waals surface area contributed by atoms with Gasteiger partial charge >= 0.3 is 0 Å². The minimum absolute atomic E-state index is 0.00670. The molecule has 0 unspecified atom stereocenters. The Hall–Kier alpha value is -3.54. The summed E-state index contributed by atoms with van der Waals surface area (Å²) in [6.07, 6.45) is 5.49. The van der Waals surface area contributed by atoms with E-state index in [9.17, 15) is 10.4 Å². The van der Waals surface area contributed by atoms with Gasteiger partial charge in [0.15, 0.2) is 0 Å². The van der Waals surface area contributed by atoms with Crippen molar-refractivity contribution in [3.05, 3.63) is 59.0 Å². The first-order valence-electron chi connectivity index (χ1n) is 11.6. The predicted molar refractivity (Wildman–Crippen MR) is 130 cm³/mol. The van der Waals surface area contributed by atoms with E-state index in [0.29, 0.717) is 29.7 Å². The van der Waals surface area contributed by atoms with Crippen LogP contribution in [0.2, 0.25) is 0 Å². The first-order valence-corrected chi connectivity index (χ1v) is 11.6. The van der Waals surface area contributed by atoms with Crippen LogP contribution in [0.5, 0.6) is 0 Å². The second-order valence-corrected chi connectivity index (χ2v) is 9.35. The molecule has 0 aliphatic carbocycles. The van der Waals surface area contributed by atoms with Crippen LogP contribution >= 0.6 is 0 Å². The summed E-state index contributed by atoms with van der Waals surface area (Å²) in [6, 6.07) is 10.0. The van der Waals surface area contributed by atoms with E-state index in [1.807, 2.05) is 38.2 Å². The molecule has 0 radical (unpaired) electrons. The second-order valence-electron chi connectivity index (χ2n) is 9.35. The maximum atomic E-state index is 9.99. The molecule has 1 fully saturated rings. The zero-order chi connectivity index (χ0) is 23.7. The first kappa shape index (κ1) is 22.3. The lowest BCUT2D eigenvalue weighted by Crippen LogP contribution is -2.28. The van der Waals surface area contributed by atoms with Crippen molar-refractivity contribution in [2.45, 2.75) is 38.0 Å². The largest absolute Gasteiger partial charge is 0.395 e. The normalized spacial score (nSPS) is 19.8. The molecule has 8 heteroatoms. The summed E-state index contributed by atoms with van der Waals surface area (Å²) in [4.78, 5) is 13.9. The molecule has 4 heterocycles. The fourth-order valence-corrected chi connectivity index (χ4v) is 4.74. The number of benzene rings is 1. The molecule has 2 aliphatic rings. The number of anilines is 3. The minimum Gasteiger partial charge on any atom is -0.395 e. The molecule has 8 nitrogen and oxygen atoms in total. The number of ether oxygens (including phenoxy) is 1. The zero-order valence-electron chi connectivity index (χ0n) is 19.4. The quantitative estimate of drug-likeness (QED) is 0.527. The van der Waals surface area contributed by atoms with Crippen molar-refractivity contribution in [2.24, 2.45) is 0 Å². The highest BCUT2D eigenvalue weighted by atomic mass is 16.5. The molecule has 0 amide bonds. The maximum absolute atomic E-state index is 9.99. The van der Waals surface area contributed by atoms with Gasteiger partial charge < -0.3 is 20.5 Å².